The molecule has 0 radical (unpaired) electrons. The summed E-state index contributed by atoms with van der Waals surface area (Å²) >= 11 is 0.684. The molecule has 2 aromatic carbocycles. The molecule has 2 amide bonds. The number of thioether (sulfide) groups is 1. The van der Waals surface area contributed by atoms with Crippen molar-refractivity contribution in [1.82, 2.24) is 4.90 Å². The van der Waals surface area contributed by atoms with Crippen molar-refractivity contribution in [2.45, 2.75) is 6.54 Å². The van der Waals surface area contributed by atoms with Gasteiger partial charge in [-0.1, -0.05) is 18.2 Å². The van der Waals surface area contributed by atoms with Gasteiger partial charge in [0.15, 0.2) is 11.5 Å². The molecule has 0 N–H and O–H groups in total. The van der Waals surface area contributed by atoms with Crippen LogP contribution in [-0.2, 0) is 11.3 Å². The molecule has 0 bridgehead atoms. The van der Waals surface area contributed by atoms with Crippen LogP contribution >= 0.6 is 11.8 Å². The number of ether oxygens (including phenoxy) is 2. The minimum atomic E-state index is -0.596. The molecule has 0 atom stereocenters. The van der Waals surface area contributed by atoms with Gasteiger partial charge in [0.2, 0.25) is 6.79 Å². The van der Waals surface area contributed by atoms with Crippen molar-refractivity contribution in [3.05, 3.63) is 68.1 Å². The van der Waals surface area contributed by atoms with Gasteiger partial charge in [0.1, 0.15) is 0 Å². The van der Waals surface area contributed by atoms with Crippen LogP contribution in [0, 0.1) is 21.4 Å². The number of hydrogen-bond donors (Lipinski definition) is 0. The molecule has 0 spiro atoms. The van der Waals surface area contributed by atoms with E-state index in [-0.39, 0.29) is 35.2 Å². The number of fused-ring (bicyclic) bond motifs is 1. The summed E-state index contributed by atoms with van der Waals surface area (Å²) < 4.78 is 10.4. The summed E-state index contributed by atoms with van der Waals surface area (Å²) in [4.78, 5) is 37.0. The number of carbonyl (C=O) groups excluding carboxylic acids is 2. The van der Waals surface area contributed by atoms with E-state index in [0.29, 0.717) is 28.6 Å². The average molecular weight is 409 g/mol. The smallest absolute Gasteiger partial charge is 0.293 e. The Hall–Kier alpha value is -3.84. The van der Waals surface area contributed by atoms with Crippen LogP contribution in [0.4, 0.5) is 10.5 Å². The Balaban J connectivity index is 1.67. The lowest BCUT2D eigenvalue weighted by Gasteiger charge is -2.13. The summed E-state index contributed by atoms with van der Waals surface area (Å²) in [6.45, 7) is -0.111. The summed E-state index contributed by atoms with van der Waals surface area (Å²) in [7, 11) is 0. The van der Waals surface area contributed by atoms with Gasteiger partial charge in [0.25, 0.3) is 16.8 Å². The first kappa shape index (κ1) is 18.5. The van der Waals surface area contributed by atoms with Gasteiger partial charge in [0, 0.05) is 0 Å². The molecule has 2 aliphatic heterocycles. The summed E-state index contributed by atoms with van der Waals surface area (Å²) in [5.41, 5.74) is 0.757. The summed E-state index contributed by atoms with van der Waals surface area (Å²) in [6, 6.07) is 11.3. The molecule has 2 heterocycles. The summed E-state index contributed by atoms with van der Waals surface area (Å²) in [5.74, 6) is -0.0150. The molecule has 1 saturated heterocycles. The number of rotatable bonds is 4. The molecular formula is C19H11N3O6S. The molecule has 10 heteroatoms. The maximum atomic E-state index is 12.7. The van der Waals surface area contributed by atoms with E-state index in [1.807, 2.05) is 6.07 Å². The van der Waals surface area contributed by atoms with E-state index in [1.165, 1.54) is 18.2 Å². The number of nitrogens with zero attached hydrogens (tertiary/aromatic N) is 3. The van der Waals surface area contributed by atoms with Gasteiger partial charge in [-0.2, -0.15) is 5.26 Å². The Morgan fingerprint density at radius 1 is 1.24 bits per heavy atom. The molecule has 144 valence electrons. The fraction of sp³-hybridized carbons (Fsp3) is 0.105. The highest BCUT2D eigenvalue weighted by atomic mass is 32.2. The molecule has 0 aromatic heterocycles. The number of nitro benzene ring substituents is 1. The predicted molar refractivity (Wildman–Crippen MR) is 102 cm³/mol. The van der Waals surface area contributed by atoms with Crippen molar-refractivity contribution in [2.75, 3.05) is 6.79 Å². The Labute approximate surface area is 168 Å². The molecule has 2 aromatic rings. The summed E-state index contributed by atoms with van der Waals surface area (Å²) in [5, 5.41) is 20.1. The van der Waals surface area contributed by atoms with Gasteiger partial charge in [-0.25, -0.2) is 0 Å². The SMILES string of the molecule is N#Cc1ccccc1CN1C(=O)S/C(=C\c2cc3c(cc2[N+](=O)[O-])OCO3)C1=O. The van der Waals surface area contributed by atoms with Crippen LogP contribution in [0.5, 0.6) is 11.5 Å². The average Bonchev–Trinajstić information content (AvgIpc) is 3.27. The molecule has 0 saturated carbocycles. The van der Waals surface area contributed by atoms with Crippen molar-refractivity contribution < 1.29 is 24.0 Å². The van der Waals surface area contributed by atoms with E-state index in [9.17, 15) is 25.0 Å². The van der Waals surface area contributed by atoms with Crippen molar-refractivity contribution >= 4 is 34.7 Å². The number of nitriles is 1. The van der Waals surface area contributed by atoms with Gasteiger partial charge in [-0.3, -0.25) is 24.6 Å². The first-order valence-electron chi connectivity index (χ1n) is 8.29. The quantitative estimate of drug-likeness (QED) is 0.427. The molecule has 1 fully saturated rings. The highest BCUT2D eigenvalue weighted by molar-refractivity contribution is 8.18. The van der Waals surface area contributed by atoms with Crippen LogP contribution in [0.3, 0.4) is 0 Å². The number of hydrogen-bond acceptors (Lipinski definition) is 8. The van der Waals surface area contributed by atoms with E-state index < -0.39 is 16.1 Å². The van der Waals surface area contributed by atoms with Crippen LogP contribution in [-0.4, -0.2) is 27.8 Å². The molecular weight excluding hydrogens is 398 g/mol. The standard InChI is InChI=1S/C19H11N3O6S/c20-8-11-3-1-2-4-12(11)9-21-18(23)17(29-19(21)24)6-13-5-15-16(28-10-27-15)7-14(13)22(25)26/h1-7H,9-10H2/b17-6-. The predicted octanol–water partition coefficient (Wildman–Crippen LogP) is 3.43. The molecule has 9 nitrogen and oxygen atoms in total. The zero-order valence-electron chi connectivity index (χ0n) is 14.7. The number of nitro groups is 1. The third kappa shape index (κ3) is 3.39. The van der Waals surface area contributed by atoms with Gasteiger partial charge in [-0.15, -0.1) is 0 Å². The third-order valence-electron chi connectivity index (χ3n) is 4.35. The maximum absolute atomic E-state index is 12.7. The van der Waals surface area contributed by atoms with Crippen LogP contribution in [0.25, 0.3) is 6.08 Å². The molecule has 4 rings (SSSR count). The second-order valence-electron chi connectivity index (χ2n) is 6.06. The zero-order valence-corrected chi connectivity index (χ0v) is 15.5. The lowest BCUT2D eigenvalue weighted by Crippen LogP contribution is -2.27. The first-order chi connectivity index (χ1) is 14.0. The lowest BCUT2D eigenvalue weighted by molar-refractivity contribution is -0.385. The second-order valence-corrected chi connectivity index (χ2v) is 7.05. The first-order valence-corrected chi connectivity index (χ1v) is 9.11. The summed E-state index contributed by atoms with van der Waals surface area (Å²) in [6.07, 6.45) is 1.29. The number of benzene rings is 2. The highest BCUT2D eigenvalue weighted by Crippen LogP contribution is 2.41. The van der Waals surface area contributed by atoms with Gasteiger partial charge < -0.3 is 9.47 Å². The fourth-order valence-electron chi connectivity index (χ4n) is 2.94. The van der Waals surface area contributed by atoms with E-state index >= 15 is 0 Å². The topological polar surface area (TPSA) is 123 Å². The zero-order chi connectivity index (χ0) is 20.5. The number of carbonyl (C=O) groups is 2. The van der Waals surface area contributed by atoms with Gasteiger partial charge in [-0.05, 0) is 35.5 Å². The second kappa shape index (κ2) is 7.29. The van der Waals surface area contributed by atoms with Crippen LogP contribution in [0.2, 0.25) is 0 Å². The number of amides is 2. The Morgan fingerprint density at radius 3 is 2.69 bits per heavy atom. The Morgan fingerprint density at radius 2 is 1.97 bits per heavy atom. The van der Waals surface area contributed by atoms with Crippen molar-refractivity contribution in [2.24, 2.45) is 0 Å². The maximum Gasteiger partial charge on any atom is 0.293 e. The van der Waals surface area contributed by atoms with Crippen molar-refractivity contribution in [3.8, 4) is 17.6 Å². The van der Waals surface area contributed by atoms with Crippen molar-refractivity contribution in [3.63, 3.8) is 0 Å². The van der Waals surface area contributed by atoms with Crippen LogP contribution in [0.15, 0.2) is 41.3 Å². The van der Waals surface area contributed by atoms with E-state index in [1.54, 1.807) is 24.3 Å². The third-order valence-corrected chi connectivity index (χ3v) is 5.25. The highest BCUT2D eigenvalue weighted by Gasteiger charge is 2.36. The van der Waals surface area contributed by atoms with E-state index in [0.717, 1.165) is 4.90 Å². The van der Waals surface area contributed by atoms with E-state index in [2.05, 4.69) is 0 Å². The normalized spacial score (nSPS) is 16.4. The molecule has 2 aliphatic rings. The minimum Gasteiger partial charge on any atom is -0.454 e. The Bertz CT molecular complexity index is 1140. The number of imide groups is 1. The molecule has 0 aliphatic carbocycles. The minimum absolute atomic E-state index is 0.0476. The lowest BCUT2D eigenvalue weighted by atomic mass is 10.1. The van der Waals surface area contributed by atoms with Crippen LogP contribution in [0.1, 0.15) is 16.7 Å². The van der Waals surface area contributed by atoms with Crippen LogP contribution < -0.4 is 9.47 Å². The van der Waals surface area contributed by atoms with Gasteiger partial charge in [0.05, 0.1) is 39.6 Å². The monoisotopic (exact) mass is 409 g/mol. The molecule has 0 unspecified atom stereocenters. The largest absolute Gasteiger partial charge is 0.454 e. The van der Waals surface area contributed by atoms with E-state index in [4.69, 9.17) is 9.47 Å². The van der Waals surface area contributed by atoms with Crippen molar-refractivity contribution in [1.29, 1.82) is 5.26 Å². The Kier molecular flexibility index (Phi) is 4.66. The van der Waals surface area contributed by atoms with Gasteiger partial charge >= 0.3 is 0 Å². The fourth-order valence-corrected chi connectivity index (χ4v) is 3.76. The molecule has 29 heavy (non-hydrogen) atoms.